The second-order valence-corrected chi connectivity index (χ2v) is 5.37. The van der Waals surface area contributed by atoms with E-state index in [0.29, 0.717) is 12.4 Å². The summed E-state index contributed by atoms with van der Waals surface area (Å²) in [6.07, 6.45) is 3.82. The maximum Gasteiger partial charge on any atom is 0.137 e. The van der Waals surface area contributed by atoms with E-state index in [1.54, 1.807) is 7.11 Å². The molecule has 2 rings (SSSR count). The van der Waals surface area contributed by atoms with E-state index in [1.165, 1.54) is 0 Å². The Morgan fingerprint density at radius 1 is 1.35 bits per heavy atom. The van der Waals surface area contributed by atoms with E-state index >= 15 is 0 Å². The van der Waals surface area contributed by atoms with Crippen LogP contribution in [0.3, 0.4) is 0 Å². The molecule has 0 bridgehead atoms. The number of methoxy groups -OCH3 is 1. The highest BCUT2D eigenvalue weighted by molar-refractivity contribution is 9.10. The van der Waals surface area contributed by atoms with Gasteiger partial charge in [-0.25, -0.2) is 0 Å². The number of rotatable bonds is 4. The molecular formula is C13H17BrO3. The van der Waals surface area contributed by atoms with E-state index in [9.17, 15) is 5.11 Å². The smallest absolute Gasteiger partial charge is 0.137 e. The number of ether oxygens (including phenoxy) is 2. The molecule has 0 spiro atoms. The first-order chi connectivity index (χ1) is 8.13. The van der Waals surface area contributed by atoms with Gasteiger partial charge in [-0.1, -0.05) is 12.8 Å². The van der Waals surface area contributed by atoms with Gasteiger partial charge < -0.3 is 14.6 Å². The molecule has 1 saturated carbocycles. The van der Waals surface area contributed by atoms with Crippen LogP contribution in [0, 0.1) is 0 Å². The van der Waals surface area contributed by atoms with Gasteiger partial charge in [-0.15, -0.1) is 0 Å². The first kappa shape index (κ1) is 12.7. The zero-order valence-corrected chi connectivity index (χ0v) is 11.5. The third kappa shape index (κ3) is 3.13. The number of hydrogen-bond acceptors (Lipinski definition) is 3. The van der Waals surface area contributed by atoms with Crippen molar-refractivity contribution in [2.24, 2.45) is 0 Å². The fourth-order valence-corrected chi connectivity index (χ4v) is 2.47. The maximum atomic E-state index is 10.2. The van der Waals surface area contributed by atoms with Crippen molar-refractivity contribution in [3.05, 3.63) is 22.7 Å². The van der Waals surface area contributed by atoms with E-state index in [1.807, 2.05) is 18.2 Å². The van der Waals surface area contributed by atoms with Gasteiger partial charge in [0.1, 0.15) is 18.1 Å². The predicted molar refractivity (Wildman–Crippen MR) is 69.6 cm³/mol. The summed E-state index contributed by atoms with van der Waals surface area (Å²) in [6.45, 7) is 0.346. The molecule has 94 valence electrons. The molecular weight excluding hydrogens is 284 g/mol. The summed E-state index contributed by atoms with van der Waals surface area (Å²) in [7, 11) is 1.62. The van der Waals surface area contributed by atoms with Crippen LogP contribution in [0.2, 0.25) is 0 Å². The van der Waals surface area contributed by atoms with Crippen molar-refractivity contribution in [2.75, 3.05) is 13.7 Å². The van der Waals surface area contributed by atoms with Crippen LogP contribution in [0.4, 0.5) is 0 Å². The molecule has 0 aliphatic heterocycles. The maximum absolute atomic E-state index is 10.2. The van der Waals surface area contributed by atoms with Gasteiger partial charge in [-0.3, -0.25) is 0 Å². The summed E-state index contributed by atoms with van der Waals surface area (Å²) in [5.74, 6) is 1.46. The Balaban J connectivity index is 2.02. The van der Waals surface area contributed by atoms with Gasteiger partial charge in [0.05, 0.1) is 17.2 Å². The van der Waals surface area contributed by atoms with Gasteiger partial charge in [-0.2, -0.15) is 0 Å². The Kier molecular flexibility index (Phi) is 3.94. The van der Waals surface area contributed by atoms with Crippen LogP contribution in [-0.4, -0.2) is 24.4 Å². The minimum absolute atomic E-state index is 0.346. The standard InChI is InChI=1S/C13H17BrO3/c1-16-10-4-5-11(14)12(8-10)17-9-13(15)6-2-3-7-13/h4-5,8,15H,2-3,6-7,9H2,1H3. The molecule has 17 heavy (non-hydrogen) atoms. The van der Waals surface area contributed by atoms with Crippen molar-refractivity contribution < 1.29 is 14.6 Å². The van der Waals surface area contributed by atoms with Gasteiger partial charge in [0.15, 0.2) is 0 Å². The normalized spacial score (nSPS) is 18.1. The molecule has 0 unspecified atom stereocenters. The molecule has 1 aromatic rings. The van der Waals surface area contributed by atoms with Crippen LogP contribution >= 0.6 is 15.9 Å². The number of benzene rings is 1. The van der Waals surface area contributed by atoms with Crippen molar-refractivity contribution in [1.29, 1.82) is 0 Å². The molecule has 0 aromatic heterocycles. The summed E-state index contributed by atoms with van der Waals surface area (Å²) >= 11 is 3.42. The lowest BCUT2D eigenvalue weighted by Crippen LogP contribution is -2.32. The van der Waals surface area contributed by atoms with Gasteiger partial charge in [0.2, 0.25) is 0 Å². The number of hydrogen-bond donors (Lipinski definition) is 1. The molecule has 1 fully saturated rings. The Hall–Kier alpha value is -0.740. The molecule has 1 aromatic carbocycles. The molecule has 0 radical (unpaired) electrons. The largest absolute Gasteiger partial charge is 0.497 e. The third-order valence-electron chi connectivity index (χ3n) is 3.17. The lowest BCUT2D eigenvalue weighted by Gasteiger charge is -2.22. The molecule has 1 N–H and O–H groups in total. The lowest BCUT2D eigenvalue weighted by molar-refractivity contribution is 0.00112. The summed E-state index contributed by atoms with van der Waals surface area (Å²) in [4.78, 5) is 0. The quantitative estimate of drug-likeness (QED) is 0.928. The number of halogens is 1. The zero-order valence-electron chi connectivity index (χ0n) is 9.91. The van der Waals surface area contributed by atoms with Gasteiger partial charge in [0.25, 0.3) is 0 Å². The Morgan fingerprint density at radius 2 is 2.06 bits per heavy atom. The average Bonchev–Trinajstić information content (AvgIpc) is 2.76. The molecule has 0 heterocycles. The second kappa shape index (κ2) is 5.27. The minimum atomic E-state index is -0.650. The lowest BCUT2D eigenvalue weighted by atomic mass is 10.0. The zero-order chi connectivity index (χ0) is 12.3. The van der Waals surface area contributed by atoms with Crippen molar-refractivity contribution >= 4 is 15.9 Å². The van der Waals surface area contributed by atoms with E-state index < -0.39 is 5.60 Å². The fourth-order valence-electron chi connectivity index (χ4n) is 2.11. The predicted octanol–water partition coefficient (Wildman–Crippen LogP) is 3.14. The monoisotopic (exact) mass is 300 g/mol. The highest BCUT2D eigenvalue weighted by Crippen LogP contribution is 2.33. The molecule has 1 aliphatic carbocycles. The van der Waals surface area contributed by atoms with E-state index in [4.69, 9.17) is 9.47 Å². The molecule has 0 saturated heterocycles. The van der Waals surface area contributed by atoms with Gasteiger partial charge >= 0.3 is 0 Å². The molecule has 4 heteroatoms. The van der Waals surface area contributed by atoms with E-state index in [-0.39, 0.29) is 0 Å². The number of aliphatic hydroxyl groups is 1. The van der Waals surface area contributed by atoms with E-state index in [2.05, 4.69) is 15.9 Å². The second-order valence-electron chi connectivity index (χ2n) is 4.52. The summed E-state index contributed by atoms with van der Waals surface area (Å²) < 4.78 is 11.7. The van der Waals surface area contributed by atoms with Crippen molar-refractivity contribution in [3.8, 4) is 11.5 Å². The average molecular weight is 301 g/mol. The summed E-state index contributed by atoms with van der Waals surface area (Å²) in [5, 5.41) is 10.2. The Labute approximate surface area is 110 Å². The summed E-state index contributed by atoms with van der Waals surface area (Å²) in [6, 6.07) is 5.57. The minimum Gasteiger partial charge on any atom is -0.497 e. The molecule has 3 nitrogen and oxygen atoms in total. The van der Waals surface area contributed by atoms with E-state index in [0.717, 1.165) is 35.9 Å². The first-order valence-electron chi connectivity index (χ1n) is 5.82. The van der Waals surface area contributed by atoms with Crippen LogP contribution < -0.4 is 9.47 Å². The van der Waals surface area contributed by atoms with Crippen molar-refractivity contribution in [2.45, 2.75) is 31.3 Å². The van der Waals surface area contributed by atoms with Gasteiger partial charge in [0, 0.05) is 6.07 Å². The van der Waals surface area contributed by atoms with Crippen LogP contribution in [0.15, 0.2) is 22.7 Å². The van der Waals surface area contributed by atoms with Crippen LogP contribution in [0.25, 0.3) is 0 Å². The van der Waals surface area contributed by atoms with Crippen LogP contribution in [0.5, 0.6) is 11.5 Å². The van der Waals surface area contributed by atoms with Crippen molar-refractivity contribution in [3.63, 3.8) is 0 Å². The van der Waals surface area contributed by atoms with Crippen LogP contribution in [0.1, 0.15) is 25.7 Å². The SMILES string of the molecule is COc1ccc(Br)c(OCC2(O)CCCC2)c1. The van der Waals surface area contributed by atoms with Crippen LogP contribution in [-0.2, 0) is 0 Å². The molecule has 0 amide bonds. The van der Waals surface area contributed by atoms with Gasteiger partial charge in [-0.05, 0) is 40.9 Å². The Bertz CT molecular complexity index is 386. The Morgan fingerprint density at radius 3 is 2.71 bits per heavy atom. The third-order valence-corrected chi connectivity index (χ3v) is 3.82. The highest BCUT2D eigenvalue weighted by atomic mass is 79.9. The fraction of sp³-hybridized carbons (Fsp3) is 0.538. The first-order valence-corrected chi connectivity index (χ1v) is 6.61. The topological polar surface area (TPSA) is 38.7 Å². The summed E-state index contributed by atoms with van der Waals surface area (Å²) in [5.41, 5.74) is -0.650. The molecule has 0 atom stereocenters. The van der Waals surface area contributed by atoms with Crippen molar-refractivity contribution in [1.82, 2.24) is 0 Å². The molecule has 1 aliphatic rings. The highest BCUT2D eigenvalue weighted by Gasteiger charge is 2.32.